The molecule has 2 aromatic heterocycles. The van der Waals surface area contributed by atoms with Gasteiger partial charge in [-0.1, -0.05) is 60.7 Å². The first-order chi connectivity index (χ1) is 22.6. The topological polar surface area (TPSA) is 218 Å². The molecule has 47 heavy (non-hydrogen) atoms. The number of carboxylic acid groups (broad SMARTS) is 1. The number of nitrogens with one attached hydrogen (secondary N) is 4. The number of urea groups is 1. The van der Waals surface area contributed by atoms with Gasteiger partial charge in [-0.2, -0.15) is 8.42 Å². The largest absolute Gasteiger partial charge is 0.485 e. The molecule has 0 radical (unpaired) electrons. The molecule has 5 rings (SSSR count). The summed E-state index contributed by atoms with van der Waals surface area (Å²) >= 11 is 0. The van der Waals surface area contributed by atoms with Crippen LogP contribution in [0.25, 0.3) is 0 Å². The van der Waals surface area contributed by atoms with E-state index in [0.717, 1.165) is 11.1 Å². The average Bonchev–Trinajstić information content (AvgIpc) is 3.05. The Morgan fingerprint density at radius 3 is 2.09 bits per heavy atom. The van der Waals surface area contributed by atoms with E-state index in [1.807, 2.05) is 70.7 Å². The van der Waals surface area contributed by atoms with Gasteiger partial charge >= 0.3 is 22.3 Å². The van der Waals surface area contributed by atoms with Crippen LogP contribution in [0.2, 0.25) is 0 Å². The number of hydrogen-bond acceptors (Lipinski definition) is 10. The maximum atomic E-state index is 13.0. The minimum atomic E-state index is -4.52. The maximum absolute atomic E-state index is 13.0. The first kappa shape index (κ1) is 32.2. The fourth-order valence-electron chi connectivity index (χ4n) is 4.16. The molecular weight excluding hydrogens is 634 g/mol. The second-order valence-electron chi connectivity index (χ2n) is 9.91. The molecule has 1 fully saturated rings. The van der Waals surface area contributed by atoms with Crippen LogP contribution in [-0.2, 0) is 28.2 Å². The minimum Gasteiger partial charge on any atom is -0.485 e. The van der Waals surface area contributed by atoms with Gasteiger partial charge in [0.15, 0.2) is 11.5 Å². The van der Waals surface area contributed by atoms with Crippen LogP contribution in [0.4, 0.5) is 21.1 Å². The Morgan fingerprint density at radius 1 is 0.872 bits per heavy atom. The molecule has 1 unspecified atom stereocenters. The predicted octanol–water partition coefficient (Wildman–Crippen LogP) is 2.73. The Balaban J connectivity index is 1.20. The monoisotopic (exact) mass is 661 g/mol. The number of nitrogens with zero attached hydrogens (tertiary/aromatic N) is 3. The van der Waals surface area contributed by atoms with Gasteiger partial charge in [0.05, 0.1) is 24.6 Å². The molecule has 5 amide bonds. The summed E-state index contributed by atoms with van der Waals surface area (Å²) in [6, 6.07) is 20.6. The molecule has 0 aliphatic carbocycles. The Hall–Kier alpha value is -6.23. The van der Waals surface area contributed by atoms with Crippen molar-refractivity contribution in [2.75, 3.05) is 16.6 Å². The van der Waals surface area contributed by atoms with Crippen LogP contribution in [0, 0.1) is 0 Å². The van der Waals surface area contributed by atoms with E-state index < -0.39 is 40.2 Å². The number of hydrogen-bond donors (Lipinski definition) is 5. The Labute approximate surface area is 267 Å². The highest BCUT2D eigenvalue weighted by atomic mass is 32.2. The number of likely N-dealkylation sites (tertiary alicyclic amines) is 1. The second kappa shape index (κ2) is 14.2. The molecule has 17 heteroatoms. The van der Waals surface area contributed by atoms with Crippen molar-refractivity contribution in [2.45, 2.75) is 19.3 Å². The molecule has 1 aliphatic heterocycles. The molecule has 1 aliphatic rings. The molecule has 0 bridgehead atoms. The summed E-state index contributed by atoms with van der Waals surface area (Å²) in [6.45, 7) is 0.131. The number of anilines is 2. The SMILES string of the molecule is O=C(O)NC1CN(C(=O)NS(=O)(=O)Nc2ccc(NC(=O)c3cc(OCc4ccccc4)c(OCc4ccccc4)cn3)cn2)C1=O. The van der Waals surface area contributed by atoms with Crippen molar-refractivity contribution in [1.82, 2.24) is 24.9 Å². The zero-order valence-electron chi connectivity index (χ0n) is 24.3. The number of rotatable bonds is 12. The summed E-state index contributed by atoms with van der Waals surface area (Å²) in [5.74, 6) is -1.10. The van der Waals surface area contributed by atoms with Crippen LogP contribution in [0.1, 0.15) is 21.6 Å². The lowest BCUT2D eigenvalue weighted by Crippen LogP contribution is -2.67. The molecular formula is C30H27N7O9S. The lowest BCUT2D eigenvalue weighted by atomic mass is 10.1. The standard InChI is InChI=1S/C30H27N7O9S/c38-27(22-13-24(45-17-19-7-3-1-4-8-19)25(15-31-22)46-18-20-9-5-2-6-10-20)33-21-11-12-26(32-14-21)35-47(43,44)36-29(40)37-16-23(28(37)39)34-30(41)42/h1-15,23,34H,16-18H2,(H,32,35)(H,33,38)(H,36,40)(H,41,42). The number of pyridine rings is 2. The molecule has 1 saturated heterocycles. The van der Waals surface area contributed by atoms with Crippen molar-refractivity contribution in [3.05, 3.63) is 108 Å². The van der Waals surface area contributed by atoms with E-state index >= 15 is 0 Å². The van der Waals surface area contributed by atoms with E-state index in [1.165, 1.54) is 30.6 Å². The third-order valence-corrected chi connectivity index (χ3v) is 7.41. The van der Waals surface area contributed by atoms with E-state index in [0.29, 0.717) is 16.4 Å². The van der Waals surface area contributed by atoms with Crippen LogP contribution in [0.15, 0.2) is 91.3 Å². The summed E-state index contributed by atoms with van der Waals surface area (Å²) in [4.78, 5) is 56.4. The highest BCUT2D eigenvalue weighted by molar-refractivity contribution is 7.91. The van der Waals surface area contributed by atoms with Gasteiger partial charge in [0.25, 0.3) is 11.8 Å². The molecule has 5 N–H and O–H groups in total. The normalized spacial score (nSPS) is 13.9. The number of ether oxygens (including phenoxy) is 2. The van der Waals surface area contributed by atoms with Gasteiger partial charge in [0, 0.05) is 6.07 Å². The molecule has 16 nitrogen and oxygen atoms in total. The van der Waals surface area contributed by atoms with E-state index in [9.17, 15) is 27.6 Å². The van der Waals surface area contributed by atoms with Gasteiger partial charge in [0.1, 0.15) is 30.8 Å². The van der Waals surface area contributed by atoms with Crippen molar-refractivity contribution < 1.29 is 42.2 Å². The van der Waals surface area contributed by atoms with Crippen molar-refractivity contribution >= 4 is 45.7 Å². The number of benzene rings is 2. The average molecular weight is 662 g/mol. The van der Waals surface area contributed by atoms with Crippen LogP contribution >= 0.6 is 0 Å². The highest BCUT2D eigenvalue weighted by Gasteiger charge is 2.42. The molecule has 4 aromatic rings. The third kappa shape index (κ3) is 8.70. The lowest BCUT2D eigenvalue weighted by Gasteiger charge is -2.35. The van der Waals surface area contributed by atoms with Crippen LogP contribution in [0.5, 0.6) is 11.5 Å². The van der Waals surface area contributed by atoms with Crippen LogP contribution in [-0.4, -0.2) is 64.9 Å². The summed E-state index contributed by atoms with van der Waals surface area (Å²) in [5, 5.41) is 13.2. The minimum absolute atomic E-state index is 0.00829. The van der Waals surface area contributed by atoms with Crippen LogP contribution in [0.3, 0.4) is 0 Å². The molecule has 2 aromatic carbocycles. The number of amides is 5. The first-order valence-corrected chi connectivity index (χ1v) is 15.3. The highest BCUT2D eigenvalue weighted by Crippen LogP contribution is 2.29. The van der Waals surface area contributed by atoms with Crippen molar-refractivity contribution in [1.29, 1.82) is 0 Å². The van der Waals surface area contributed by atoms with Crippen molar-refractivity contribution in [3.8, 4) is 11.5 Å². The summed E-state index contributed by atoms with van der Waals surface area (Å²) in [6.07, 6.45) is 1.10. The van der Waals surface area contributed by atoms with Gasteiger partial charge in [0.2, 0.25) is 0 Å². The first-order valence-electron chi connectivity index (χ1n) is 13.8. The molecule has 3 heterocycles. The zero-order chi connectivity index (χ0) is 33.4. The lowest BCUT2D eigenvalue weighted by molar-refractivity contribution is -0.138. The zero-order valence-corrected chi connectivity index (χ0v) is 25.1. The van der Waals surface area contributed by atoms with E-state index in [4.69, 9.17) is 14.6 Å². The predicted molar refractivity (Wildman–Crippen MR) is 166 cm³/mol. The van der Waals surface area contributed by atoms with E-state index in [1.54, 1.807) is 4.72 Å². The smallest absolute Gasteiger partial charge is 0.405 e. The maximum Gasteiger partial charge on any atom is 0.405 e. The Kier molecular flexibility index (Phi) is 9.75. The van der Waals surface area contributed by atoms with Gasteiger partial charge in [-0.25, -0.2) is 24.3 Å². The number of aromatic nitrogens is 2. The molecule has 242 valence electrons. The second-order valence-corrected chi connectivity index (χ2v) is 11.3. The molecule has 1 atom stereocenters. The Morgan fingerprint density at radius 2 is 1.51 bits per heavy atom. The summed E-state index contributed by atoms with van der Waals surface area (Å²) < 4.78 is 40.3. The fraction of sp³-hybridized carbons (Fsp3) is 0.133. The van der Waals surface area contributed by atoms with E-state index in [-0.39, 0.29) is 37.0 Å². The molecule has 0 spiro atoms. The number of carbonyl (C=O) groups is 4. The number of β-lactam (4-membered cyclic amide) rings is 1. The van der Waals surface area contributed by atoms with Gasteiger partial charge in [-0.15, -0.1) is 0 Å². The van der Waals surface area contributed by atoms with Crippen LogP contribution < -0.4 is 29.6 Å². The third-order valence-electron chi connectivity index (χ3n) is 6.49. The van der Waals surface area contributed by atoms with Gasteiger partial charge in [-0.05, 0) is 23.3 Å². The number of imide groups is 1. The van der Waals surface area contributed by atoms with Crippen molar-refractivity contribution in [3.63, 3.8) is 0 Å². The van der Waals surface area contributed by atoms with Gasteiger partial charge < -0.3 is 25.2 Å². The van der Waals surface area contributed by atoms with Crippen molar-refractivity contribution in [2.24, 2.45) is 0 Å². The van der Waals surface area contributed by atoms with E-state index in [2.05, 4.69) is 15.3 Å². The summed E-state index contributed by atoms with van der Waals surface area (Å²) in [5.41, 5.74) is 2.04. The Bertz CT molecular complexity index is 1880. The quantitative estimate of drug-likeness (QED) is 0.139. The fourth-order valence-corrected chi connectivity index (χ4v) is 4.95. The van der Waals surface area contributed by atoms with Gasteiger partial charge in [-0.3, -0.25) is 19.2 Å². The summed E-state index contributed by atoms with van der Waals surface area (Å²) in [7, 11) is -4.52. The number of carbonyl (C=O) groups excluding carboxylic acids is 3. The molecule has 0 saturated carbocycles.